The molecule has 0 atom stereocenters. The van der Waals surface area contributed by atoms with Crippen molar-refractivity contribution in [3.05, 3.63) is 47.0 Å². The van der Waals surface area contributed by atoms with Gasteiger partial charge < -0.3 is 25.8 Å². The topological polar surface area (TPSA) is 113 Å². The number of aromatic hydroxyl groups is 3. The fourth-order valence-corrected chi connectivity index (χ4v) is 2.25. The number of carbonyl (C=O) groups excluding carboxylic acids is 1. The molecular weight excluding hydrogens is 298 g/mol. The van der Waals surface area contributed by atoms with Crippen LogP contribution in [0.2, 0.25) is 0 Å². The van der Waals surface area contributed by atoms with Gasteiger partial charge in [0.25, 0.3) is 0 Å². The quantitative estimate of drug-likeness (QED) is 0.292. The van der Waals surface area contributed by atoms with Crippen molar-refractivity contribution in [3.8, 4) is 17.2 Å². The van der Waals surface area contributed by atoms with E-state index >= 15 is 0 Å². The predicted molar refractivity (Wildman–Crippen MR) is 85.7 cm³/mol. The Hall–Kier alpha value is -2.89. The second-order valence-corrected chi connectivity index (χ2v) is 5.11. The number of phenolic OH excluding ortho intramolecular Hbond substituents is 3. The van der Waals surface area contributed by atoms with Gasteiger partial charge in [0.05, 0.1) is 17.9 Å². The molecule has 0 heterocycles. The van der Waals surface area contributed by atoms with Gasteiger partial charge in [0.1, 0.15) is 0 Å². The van der Waals surface area contributed by atoms with E-state index in [-0.39, 0.29) is 29.8 Å². The molecule has 0 spiro atoms. The monoisotopic (exact) mass is 317 g/mol. The summed E-state index contributed by atoms with van der Waals surface area (Å²) in [4.78, 5) is 12.2. The number of hydrogen-bond donors (Lipinski definition) is 4. The zero-order chi connectivity index (χ0) is 17.0. The van der Waals surface area contributed by atoms with Gasteiger partial charge in [-0.1, -0.05) is 37.3 Å². The number of nitrogen functional groups attached to an aromatic ring is 1. The number of esters is 1. The molecule has 0 aliphatic carbocycles. The lowest BCUT2D eigenvalue weighted by molar-refractivity contribution is 0.0504. The summed E-state index contributed by atoms with van der Waals surface area (Å²) in [6.07, 6.45) is 0.775. The van der Waals surface area contributed by atoms with Crippen LogP contribution >= 0.6 is 0 Å². The first-order chi connectivity index (χ1) is 11.0. The molecule has 2 rings (SSSR count). The molecule has 0 bridgehead atoms. The second-order valence-electron chi connectivity index (χ2n) is 5.11. The highest BCUT2D eigenvalue weighted by Crippen LogP contribution is 2.45. The van der Waals surface area contributed by atoms with Crippen molar-refractivity contribution in [3.63, 3.8) is 0 Å². The molecule has 0 unspecified atom stereocenters. The predicted octanol–water partition coefficient (Wildman–Crippen LogP) is 2.54. The summed E-state index contributed by atoms with van der Waals surface area (Å²) >= 11 is 0. The summed E-state index contributed by atoms with van der Waals surface area (Å²) < 4.78 is 5.06. The highest BCUT2D eigenvalue weighted by atomic mass is 16.5. The highest BCUT2D eigenvalue weighted by molar-refractivity contribution is 6.00. The maximum atomic E-state index is 12.2. The van der Waals surface area contributed by atoms with E-state index in [2.05, 4.69) is 0 Å². The van der Waals surface area contributed by atoms with Crippen LogP contribution in [0.25, 0.3) is 0 Å². The molecule has 0 aromatic heterocycles. The normalized spacial score (nSPS) is 10.5. The van der Waals surface area contributed by atoms with E-state index in [1.54, 1.807) is 12.1 Å². The number of phenols is 3. The molecule has 6 heteroatoms. The van der Waals surface area contributed by atoms with Crippen LogP contribution in [-0.4, -0.2) is 27.9 Å². The third kappa shape index (κ3) is 3.31. The van der Waals surface area contributed by atoms with Crippen LogP contribution in [0.3, 0.4) is 0 Å². The van der Waals surface area contributed by atoms with Crippen LogP contribution in [-0.2, 0) is 11.2 Å². The first-order valence-electron chi connectivity index (χ1n) is 7.23. The van der Waals surface area contributed by atoms with Crippen molar-refractivity contribution in [1.29, 1.82) is 0 Å². The van der Waals surface area contributed by atoms with E-state index in [1.807, 2.05) is 25.1 Å². The van der Waals surface area contributed by atoms with Crippen molar-refractivity contribution >= 4 is 11.7 Å². The van der Waals surface area contributed by atoms with Gasteiger partial charge in [0, 0.05) is 12.0 Å². The highest BCUT2D eigenvalue weighted by Gasteiger charge is 2.27. The van der Waals surface area contributed by atoms with E-state index in [0.717, 1.165) is 5.56 Å². The molecule has 2 aromatic carbocycles. The molecule has 122 valence electrons. The number of hydrogen-bond acceptors (Lipinski definition) is 6. The zero-order valence-electron chi connectivity index (χ0n) is 12.7. The third-order valence-corrected chi connectivity index (χ3v) is 3.43. The fourth-order valence-electron chi connectivity index (χ4n) is 2.25. The van der Waals surface area contributed by atoms with Crippen molar-refractivity contribution in [2.24, 2.45) is 0 Å². The van der Waals surface area contributed by atoms with Crippen LogP contribution in [0.5, 0.6) is 17.2 Å². The van der Waals surface area contributed by atoms with Gasteiger partial charge in [0.15, 0.2) is 11.5 Å². The summed E-state index contributed by atoms with van der Waals surface area (Å²) in [5.41, 5.74) is 6.23. The molecule has 0 fully saturated rings. The van der Waals surface area contributed by atoms with Gasteiger partial charge in [-0.3, -0.25) is 0 Å². The lowest BCUT2D eigenvalue weighted by Crippen LogP contribution is -2.13. The molecule has 5 N–H and O–H groups in total. The number of carbonyl (C=O) groups is 1. The summed E-state index contributed by atoms with van der Waals surface area (Å²) in [5.74, 6) is -2.81. The fraction of sp³-hybridized carbons (Fsp3) is 0.235. The molecule has 6 nitrogen and oxygen atoms in total. The molecule has 0 saturated carbocycles. The van der Waals surface area contributed by atoms with E-state index in [0.29, 0.717) is 6.42 Å². The lowest BCUT2D eigenvalue weighted by Gasteiger charge is -2.16. The van der Waals surface area contributed by atoms with E-state index < -0.39 is 23.2 Å². The molecule has 0 aliphatic rings. The second kappa shape index (κ2) is 6.91. The molecule has 0 aliphatic heterocycles. The Morgan fingerprint density at radius 3 is 2.35 bits per heavy atom. The van der Waals surface area contributed by atoms with Crippen LogP contribution in [0.1, 0.15) is 34.8 Å². The Bertz CT molecular complexity index is 713. The number of ether oxygens (including phenoxy) is 1. The first kappa shape index (κ1) is 16.5. The van der Waals surface area contributed by atoms with Crippen molar-refractivity contribution < 1.29 is 24.9 Å². The van der Waals surface area contributed by atoms with Crippen molar-refractivity contribution in [2.75, 3.05) is 12.3 Å². The summed E-state index contributed by atoms with van der Waals surface area (Å²) in [6.45, 7) is 2.03. The van der Waals surface area contributed by atoms with E-state index in [1.165, 1.54) is 0 Å². The average Bonchev–Trinajstić information content (AvgIpc) is 2.56. The third-order valence-electron chi connectivity index (χ3n) is 3.43. The zero-order valence-corrected chi connectivity index (χ0v) is 12.7. The Labute approximate surface area is 133 Å². The molecule has 0 amide bonds. The molecule has 23 heavy (non-hydrogen) atoms. The Morgan fingerprint density at radius 2 is 1.74 bits per heavy atom. The van der Waals surface area contributed by atoms with Crippen LogP contribution in [0.4, 0.5) is 5.69 Å². The average molecular weight is 317 g/mol. The van der Waals surface area contributed by atoms with Gasteiger partial charge in [-0.25, -0.2) is 4.79 Å². The smallest absolute Gasteiger partial charge is 0.340 e. The number of rotatable bonds is 5. The first-order valence-corrected chi connectivity index (χ1v) is 7.23. The number of anilines is 1. The Morgan fingerprint density at radius 1 is 1.09 bits per heavy atom. The molecule has 2 aromatic rings. The lowest BCUT2D eigenvalue weighted by atomic mass is 9.96. The van der Waals surface area contributed by atoms with Gasteiger partial charge in [0.2, 0.25) is 5.75 Å². The molecular formula is C17H19NO5. The largest absolute Gasteiger partial charge is 0.504 e. The van der Waals surface area contributed by atoms with Gasteiger partial charge >= 0.3 is 5.97 Å². The minimum atomic E-state index is -0.750. The Kier molecular flexibility index (Phi) is 4.95. The minimum Gasteiger partial charge on any atom is -0.504 e. The Balaban J connectivity index is 2.56. The van der Waals surface area contributed by atoms with Gasteiger partial charge in [-0.05, 0) is 12.0 Å². The molecule has 0 saturated heterocycles. The summed E-state index contributed by atoms with van der Waals surface area (Å²) in [7, 11) is 0. The van der Waals surface area contributed by atoms with Crippen LogP contribution < -0.4 is 5.73 Å². The van der Waals surface area contributed by atoms with E-state index in [9.17, 15) is 20.1 Å². The van der Waals surface area contributed by atoms with Gasteiger partial charge in [-0.15, -0.1) is 0 Å². The number of benzene rings is 2. The van der Waals surface area contributed by atoms with E-state index in [4.69, 9.17) is 10.5 Å². The van der Waals surface area contributed by atoms with Crippen LogP contribution in [0.15, 0.2) is 30.3 Å². The maximum absolute atomic E-state index is 12.2. The molecule has 0 radical (unpaired) electrons. The summed E-state index contributed by atoms with van der Waals surface area (Å²) in [6, 6.07) is 9.07. The summed E-state index contributed by atoms with van der Waals surface area (Å²) in [5, 5.41) is 29.7. The minimum absolute atomic E-state index is 0.116. The SMILES string of the molecule is CCCOC(=O)c1c(N)c(O)c(O)c(O)c1Cc1ccccc1. The number of nitrogens with two attached hydrogens (primary N) is 1. The van der Waals surface area contributed by atoms with Crippen LogP contribution in [0, 0.1) is 0 Å². The standard InChI is InChI=1S/C17H19NO5/c1-2-8-23-17(22)12-11(9-10-6-4-3-5-7-10)14(19)16(21)15(20)13(12)18/h3-7,19-21H,2,8-9,18H2,1H3. The van der Waals surface area contributed by atoms with Crippen molar-refractivity contribution in [1.82, 2.24) is 0 Å². The van der Waals surface area contributed by atoms with Crippen molar-refractivity contribution in [2.45, 2.75) is 19.8 Å². The maximum Gasteiger partial charge on any atom is 0.340 e. The van der Waals surface area contributed by atoms with Gasteiger partial charge in [-0.2, -0.15) is 0 Å².